The molecule has 7 rings (SSSR count). The molecule has 3 aliphatic rings. The fourth-order valence-corrected chi connectivity index (χ4v) is 7.17. The van der Waals surface area contributed by atoms with Crippen molar-refractivity contribution in [2.75, 3.05) is 19.0 Å². The van der Waals surface area contributed by atoms with Crippen LogP contribution in [0.4, 0.5) is 5.69 Å². The number of ketones is 2. The highest BCUT2D eigenvalue weighted by molar-refractivity contribution is 6.17. The molecule has 0 bridgehead atoms. The molecule has 1 N–H and O–H groups in total. The molecule has 4 unspecified atom stereocenters. The van der Waals surface area contributed by atoms with Crippen molar-refractivity contribution < 1.29 is 23.9 Å². The number of methoxy groups -OCH3 is 1. The molecule has 4 aromatic carbocycles. The lowest BCUT2D eigenvalue weighted by atomic mass is 9.62. The van der Waals surface area contributed by atoms with Gasteiger partial charge in [-0.2, -0.15) is 5.26 Å². The number of fused-ring (bicyclic) bond motifs is 6. The molecule has 8 nitrogen and oxygen atoms in total. The number of hydrogen-bond donors (Lipinski definition) is 1. The number of nitrogens with zero attached hydrogens (tertiary/aromatic N) is 2. The SMILES string of the molecule is COc1ccc(C(=O)C2C(C(=O)c3ccccc3OCC#N)N3C=Cc4ccccc4C3C23C(=O)Nc2ccccc23)cc1. The number of para-hydroxylation sites is 2. The predicted octanol–water partition coefficient (Wildman–Crippen LogP) is 5.58. The van der Waals surface area contributed by atoms with Crippen LogP contribution in [0.1, 0.15) is 43.4 Å². The second kappa shape index (κ2) is 10.5. The maximum absolute atomic E-state index is 14.9. The van der Waals surface area contributed by atoms with Crippen LogP contribution in [0.5, 0.6) is 11.5 Å². The van der Waals surface area contributed by atoms with Gasteiger partial charge in [0, 0.05) is 17.5 Å². The van der Waals surface area contributed by atoms with E-state index in [1.807, 2.05) is 71.8 Å². The summed E-state index contributed by atoms with van der Waals surface area (Å²) in [7, 11) is 1.55. The quantitative estimate of drug-likeness (QED) is 0.284. The maximum atomic E-state index is 14.9. The van der Waals surface area contributed by atoms with Gasteiger partial charge in [-0.3, -0.25) is 14.4 Å². The van der Waals surface area contributed by atoms with Crippen LogP contribution in [0.2, 0.25) is 0 Å². The third kappa shape index (κ3) is 3.86. The predicted molar refractivity (Wildman–Crippen MR) is 163 cm³/mol. The van der Waals surface area contributed by atoms with E-state index in [4.69, 9.17) is 9.47 Å². The number of carbonyl (C=O) groups excluding carboxylic acids is 3. The van der Waals surface area contributed by atoms with Gasteiger partial charge >= 0.3 is 0 Å². The summed E-state index contributed by atoms with van der Waals surface area (Å²) < 4.78 is 11.0. The Morgan fingerprint density at radius 3 is 2.45 bits per heavy atom. The normalized spacial score (nSPS) is 22.4. The summed E-state index contributed by atoms with van der Waals surface area (Å²) in [5.41, 5.74) is 2.18. The Balaban J connectivity index is 1.51. The average molecular weight is 582 g/mol. The summed E-state index contributed by atoms with van der Waals surface area (Å²) in [5.74, 6) is -1.36. The third-order valence-electron chi connectivity index (χ3n) is 8.94. The first-order chi connectivity index (χ1) is 21.5. The summed E-state index contributed by atoms with van der Waals surface area (Å²) in [5, 5.41) is 12.2. The van der Waals surface area contributed by atoms with Crippen LogP contribution in [-0.4, -0.2) is 42.1 Å². The first-order valence-electron chi connectivity index (χ1n) is 14.3. The fourth-order valence-electron chi connectivity index (χ4n) is 7.17. The van der Waals surface area contributed by atoms with Crippen molar-refractivity contribution in [2.24, 2.45) is 5.92 Å². The summed E-state index contributed by atoms with van der Waals surface area (Å²) in [6.07, 6.45) is 3.74. The van der Waals surface area contributed by atoms with E-state index in [1.165, 1.54) is 0 Å². The van der Waals surface area contributed by atoms with Crippen LogP contribution in [0, 0.1) is 17.2 Å². The Hall–Kier alpha value is -5.68. The smallest absolute Gasteiger partial charge is 0.238 e. The van der Waals surface area contributed by atoms with Crippen molar-refractivity contribution >= 4 is 29.2 Å². The molecule has 0 aromatic heterocycles. The lowest BCUT2D eigenvalue weighted by Gasteiger charge is -2.38. The van der Waals surface area contributed by atoms with Crippen LogP contribution in [-0.2, 0) is 10.2 Å². The number of benzene rings is 4. The van der Waals surface area contributed by atoms with Crippen LogP contribution in [0.15, 0.2) is 103 Å². The zero-order valence-corrected chi connectivity index (χ0v) is 23.8. The fraction of sp³-hybridized carbons (Fsp3) is 0.167. The third-order valence-corrected chi connectivity index (χ3v) is 8.94. The minimum Gasteiger partial charge on any atom is -0.497 e. The van der Waals surface area contributed by atoms with Gasteiger partial charge in [-0.1, -0.05) is 54.6 Å². The molecular weight excluding hydrogens is 554 g/mol. The summed E-state index contributed by atoms with van der Waals surface area (Å²) in [6, 6.07) is 28.8. The van der Waals surface area contributed by atoms with Gasteiger partial charge in [0.15, 0.2) is 18.2 Å². The van der Waals surface area contributed by atoms with E-state index in [2.05, 4.69) is 5.32 Å². The Labute approximate surface area is 254 Å². The molecule has 0 saturated carbocycles. The van der Waals surface area contributed by atoms with Gasteiger partial charge in [0.1, 0.15) is 29.0 Å². The van der Waals surface area contributed by atoms with Crippen molar-refractivity contribution in [3.63, 3.8) is 0 Å². The average Bonchev–Trinajstić information content (AvgIpc) is 3.55. The largest absolute Gasteiger partial charge is 0.497 e. The standard InChI is InChI=1S/C36H27N3O5/c1-43-24-16-14-23(15-17-24)32(40)30-31(33(41)26-10-4-7-13-29(26)44-21-19-37)39-20-18-22-8-2-3-9-25(22)34(39)36(30)27-11-5-6-12-28(27)38-35(36)42/h2-18,20,30-31,34H,21H2,1H3,(H,38,42). The molecule has 0 aliphatic carbocycles. The number of rotatable bonds is 7. The Bertz CT molecular complexity index is 1890. The Morgan fingerprint density at radius 2 is 1.66 bits per heavy atom. The lowest BCUT2D eigenvalue weighted by Crippen LogP contribution is -2.49. The molecule has 44 heavy (non-hydrogen) atoms. The molecule has 1 spiro atoms. The second-order valence-corrected chi connectivity index (χ2v) is 11.0. The highest BCUT2D eigenvalue weighted by atomic mass is 16.5. The Kier molecular flexibility index (Phi) is 6.51. The minimum absolute atomic E-state index is 0.232. The summed E-state index contributed by atoms with van der Waals surface area (Å²) in [4.78, 5) is 46.2. The Morgan fingerprint density at radius 1 is 0.932 bits per heavy atom. The van der Waals surface area contributed by atoms with E-state index in [0.717, 1.165) is 11.1 Å². The first kappa shape index (κ1) is 27.2. The monoisotopic (exact) mass is 581 g/mol. The van der Waals surface area contributed by atoms with E-state index in [0.29, 0.717) is 22.6 Å². The van der Waals surface area contributed by atoms with Gasteiger partial charge in [0.2, 0.25) is 5.91 Å². The second-order valence-electron chi connectivity index (χ2n) is 11.0. The molecule has 3 aliphatic heterocycles. The number of amides is 1. The van der Waals surface area contributed by atoms with Crippen molar-refractivity contribution in [1.82, 2.24) is 4.90 Å². The van der Waals surface area contributed by atoms with Gasteiger partial charge in [0.25, 0.3) is 0 Å². The van der Waals surface area contributed by atoms with Crippen molar-refractivity contribution in [3.05, 3.63) is 131 Å². The summed E-state index contributed by atoms with van der Waals surface area (Å²) in [6.45, 7) is -0.248. The summed E-state index contributed by atoms with van der Waals surface area (Å²) >= 11 is 0. The first-order valence-corrected chi connectivity index (χ1v) is 14.3. The van der Waals surface area contributed by atoms with Crippen LogP contribution in [0.25, 0.3) is 6.08 Å². The van der Waals surface area contributed by atoms with Crippen LogP contribution in [0.3, 0.4) is 0 Å². The molecule has 216 valence electrons. The van der Waals surface area contributed by atoms with E-state index >= 15 is 0 Å². The number of nitriles is 1. The van der Waals surface area contributed by atoms with Gasteiger partial charge in [-0.15, -0.1) is 0 Å². The molecule has 8 heteroatoms. The number of carbonyl (C=O) groups is 3. The molecular formula is C36H27N3O5. The molecule has 3 heterocycles. The molecule has 1 saturated heterocycles. The number of anilines is 1. The van der Waals surface area contributed by atoms with E-state index in [1.54, 1.807) is 55.6 Å². The number of nitrogens with one attached hydrogen (secondary N) is 1. The molecule has 1 amide bonds. The zero-order valence-electron chi connectivity index (χ0n) is 23.8. The van der Waals surface area contributed by atoms with Crippen molar-refractivity contribution in [2.45, 2.75) is 17.5 Å². The molecule has 4 aromatic rings. The molecule has 4 atom stereocenters. The van der Waals surface area contributed by atoms with Gasteiger partial charge in [-0.05, 0) is 65.2 Å². The van der Waals surface area contributed by atoms with Crippen molar-refractivity contribution in [1.29, 1.82) is 5.26 Å². The molecule has 1 fully saturated rings. The van der Waals surface area contributed by atoms with Crippen molar-refractivity contribution in [3.8, 4) is 17.6 Å². The van der Waals surface area contributed by atoms with Crippen LogP contribution < -0.4 is 14.8 Å². The topological polar surface area (TPSA) is 109 Å². The minimum atomic E-state index is -1.45. The van der Waals surface area contributed by atoms with E-state index in [-0.39, 0.29) is 35.4 Å². The van der Waals surface area contributed by atoms with Gasteiger partial charge < -0.3 is 19.7 Å². The number of hydrogen-bond acceptors (Lipinski definition) is 7. The van der Waals surface area contributed by atoms with Crippen LogP contribution >= 0.6 is 0 Å². The highest BCUT2D eigenvalue weighted by Gasteiger charge is 2.70. The highest BCUT2D eigenvalue weighted by Crippen LogP contribution is 2.62. The van der Waals surface area contributed by atoms with E-state index in [9.17, 15) is 19.6 Å². The van der Waals surface area contributed by atoms with E-state index < -0.39 is 23.4 Å². The van der Waals surface area contributed by atoms with Gasteiger partial charge in [-0.25, -0.2) is 0 Å². The number of Topliss-reactive ketones (excluding diaryl/α,β-unsaturated/α-hetero) is 2. The zero-order chi connectivity index (χ0) is 30.4. The maximum Gasteiger partial charge on any atom is 0.238 e. The lowest BCUT2D eigenvalue weighted by molar-refractivity contribution is -0.122. The van der Waals surface area contributed by atoms with Gasteiger partial charge in [0.05, 0.1) is 24.6 Å². The number of ether oxygens (including phenoxy) is 2. The molecule has 0 radical (unpaired) electrons.